The molecule has 5 nitrogen and oxygen atoms in total. The summed E-state index contributed by atoms with van der Waals surface area (Å²) in [7, 11) is -3.23. The van der Waals surface area contributed by atoms with Crippen molar-refractivity contribution in [2.24, 2.45) is 0 Å². The van der Waals surface area contributed by atoms with Crippen molar-refractivity contribution >= 4 is 21.8 Å². The molecule has 0 spiro atoms. The number of fused-ring (bicyclic) bond motifs is 1. The van der Waals surface area contributed by atoms with Crippen LogP contribution in [0, 0.1) is 0 Å². The third kappa shape index (κ3) is 4.12. The topological polar surface area (TPSA) is 64.0 Å². The highest BCUT2D eigenvalue weighted by Gasteiger charge is 2.15. The molecular weight excluding hydrogens is 318 g/mol. The first kappa shape index (κ1) is 15.6. The largest absolute Gasteiger partial charge is 0.325 e. The van der Waals surface area contributed by atoms with Crippen LogP contribution in [0.3, 0.4) is 0 Å². The Bertz CT molecular complexity index is 705. The average molecular weight is 337 g/mol. The first-order chi connectivity index (χ1) is 10.6. The molecule has 0 saturated carbocycles. The number of nitrogens with one attached hydrogen (secondary N) is 1. The number of aryl methyl sites for hydroxylation is 2. The lowest BCUT2D eigenvalue weighted by molar-refractivity contribution is 0.580. The standard InChI is InChI=1S/C15H19N3O2S2/c19-22(20,11-7-13-4-2-1-3-5-13)16-8-6-14-12-18-9-10-21-15(18)17-14/h1-5,12,16H,6-11H2. The molecule has 0 bridgehead atoms. The summed E-state index contributed by atoms with van der Waals surface area (Å²) in [6, 6.07) is 9.66. The van der Waals surface area contributed by atoms with E-state index in [1.54, 1.807) is 11.8 Å². The van der Waals surface area contributed by atoms with Gasteiger partial charge >= 0.3 is 0 Å². The van der Waals surface area contributed by atoms with Gasteiger partial charge in [-0.15, -0.1) is 0 Å². The molecule has 0 fully saturated rings. The van der Waals surface area contributed by atoms with Crippen LogP contribution >= 0.6 is 11.8 Å². The summed E-state index contributed by atoms with van der Waals surface area (Å²) < 4.78 is 28.8. The van der Waals surface area contributed by atoms with Crippen molar-refractivity contribution in [2.75, 3.05) is 18.1 Å². The highest BCUT2D eigenvalue weighted by Crippen LogP contribution is 2.24. The smallest absolute Gasteiger partial charge is 0.211 e. The minimum atomic E-state index is -3.23. The fourth-order valence-corrected chi connectivity index (χ4v) is 4.41. The van der Waals surface area contributed by atoms with E-state index >= 15 is 0 Å². The summed E-state index contributed by atoms with van der Waals surface area (Å²) in [6.45, 7) is 1.40. The van der Waals surface area contributed by atoms with E-state index < -0.39 is 10.0 Å². The zero-order valence-corrected chi connectivity index (χ0v) is 13.9. The van der Waals surface area contributed by atoms with Gasteiger partial charge in [-0.2, -0.15) is 0 Å². The Kier molecular flexibility index (Phi) is 4.85. The Morgan fingerprint density at radius 3 is 2.82 bits per heavy atom. The SMILES string of the molecule is O=S(=O)(CCc1ccccc1)NCCc1cn2c(n1)SCC2. The van der Waals surface area contributed by atoms with Gasteiger partial charge in [0.15, 0.2) is 5.16 Å². The molecule has 0 radical (unpaired) electrons. The number of rotatable bonds is 7. The van der Waals surface area contributed by atoms with Crippen LogP contribution in [0.5, 0.6) is 0 Å². The van der Waals surface area contributed by atoms with E-state index in [1.165, 1.54) is 0 Å². The minimum Gasteiger partial charge on any atom is -0.325 e. The summed E-state index contributed by atoms with van der Waals surface area (Å²) >= 11 is 1.75. The lowest BCUT2D eigenvalue weighted by Gasteiger charge is -2.06. The Hall–Kier alpha value is -1.31. The maximum absolute atomic E-state index is 12.0. The molecule has 0 aliphatic carbocycles. The van der Waals surface area contributed by atoms with Crippen LogP contribution in [0.15, 0.2) is 41.7 Å². The predicted octanol–water partition coefficient (Wildman–Crippen LogP) is 1.69. The lowest BCUT2D eigenvalue weighted by atomic mass is 10.2. The van der Waals surface area contributed by atoms with Gasteiger partial charge in [-0.25, -0.2) is 18.1 Å². The molecule has 2 aromatic rings. The molecule has 0 saturated heterocycles. The molecule has 22 heavy (non-hydrogen) atoms. The fourth-order valence-electron chi connectivity index (χ4n) is 2.39. The number of benzene rings is 1. The van der Waals surface area contributed by atoms with Crippen LogP contribution in [-0.2, 0) is 29.4 Å². The van der Waals surface area contributed by atoms with E-state index in [-0.39, 0.29) is 5.75 Å². The number of hydrogen-bond donors (Lipinski definition) is 1. The van der Waals surface area contributed by atoms with E-state index in [0.29, 0.717) is 19.4 Å². The second kappa shape index (κ2) is 6.85. The third-order valence-corrected chi connectivity index (χ3v) is 5.91. The van der Waals surface area contributed by atoms with Crippen LogP contribution in [0.2, 0.25) is 0 Å². The van der Waals surface area contributed by atoms with Crippen LogP contribution in [-0.4, -0.2) is 36.0 Å². The molecule has 0 amide bonds. The van der Waals surface area contributed by atoms with Gasteiger partial charge < -0.3 is 4.57 Å². The van der Waals surface area contributed by atoms with Gasteiger partial charge in [0.05, 0.1) is 11.4 Å². The van der Waals surface area contributed by atoms with Gasteiger partial charge in [-0.1, -0.05) is 42.1 Å². The van der Waals surface area contributed by atoms with E-state index in [9.17, 15) is 8.42 Å². The number of sulfonamides is 1. The van der Waals surface area contributed by atoms with Crippen molar-refractivity contribution in [1.82, 2.24) is 14.3 Å². The molecule has 0 atom stereocenters. The minimum absolute atomic E-state index is 0.118. The van der Waals surface area contributed by atoms with Crippen molar-refractivity contribution in [3.05, 3.63) is 47.8 Å². The molecule has 1 aliphatic heterocycles. The Balaban J connectivity index is 1.45. The first-order valence-corrected chi connectivity index (χ1v) is 9.96. The predicted molar refractivity (Wildman–Crippen MR) is 88.6 cm³/mol. The van der Waals surface area contributed by atoms with Gasteiger partial charge in [0.2, 0.25) is 10.0 Å². The van der Waals surface area contributed by atoms with Gasteiger partial charge in [-0.05, 0) is 12.0 Å². The second-order valence-electron chi connectivity index (χ2n) is 5.26. The normalized spacial score (nSPS) is 14.2. The summed E-state index contributed by atoms with van der Waals surface area (Å²) in [6.07, 6.45) is 3.18. The highest BCUT2D eigenvalue weighted by atomic mass is 32.2. The molecule has 2 heterocycles. The number of nitrogens with zero attached hydrogens (tertiary/aromatic N) is 2. The highest BCUT2D eigenvalue weighted by molar-refractivity contribution is 7.99. The maximum Gasteiger partial charge on any atom is 0.211 e. The molecule has 1 aromatic carbocycles. The van der Waals surface area contributed by atoms with Gasteiger partial charge in [0.1, 0.15) is 0 Å². The number of hydrogen-bond acceptors (Lipinski definition) is 4. The fraction of sp³-hybridized carbons (Fsp3) is 0.400. The van der Waals surface area contributed by atoms with Gasteiger partial charge in [0.25, 0.3) is 0 Å². The van der Waals surface area contributed by atoms with Crippen LogP contribution in [0.25, 0.3) is 0 Å². The molecule has 1 aliphatic rings. The Labute approximate surface area is 135 Å². The van der Waals surface area contributed by atoms with Crippen molar-refractivity contribution in [1.29, 1.82) is 0 Å². The maximum atomic E-state index is 12.0. The third-order valence-electron chi connectivity index (χ3n) is 3.56. The Morgan fingerprint density at radius 1 is 1.23 bits per heavy atom. The van der Waals surface area contributed by atoms with Crippen molar-refractivity contribution in [3.8, 4) is 0 Å². The van der Waals surface area contributed by atoms with Crippen molar-refractivity contribution in [3.63, 3.8) is 0 Å². The molecule has 1 aromatic heterocycles. The number of imidazole rings is 1. The Morgan fingerprint density at radius 2 is 2.05 bits per heavy atom. The zero-order valence-electron chi connectivity index (χ0n) is 12.2. The average Bonchev–Trinajstić information content (AvgIpc) is 3.07. The zero-order chi connectivity index (χ0) is 15.4. The summed E-state index contributed by atoms with van der Waals surface area (Å²) in [5.41, 5.74) is 1.99. The van der Waals surface area contributed by atoms with E-state index in [4.69, 9.17) is 0 Å². The molecule has 1 N–H and O–H groups in total. The van der Waals surface area contributed by atoms with Gasteiger partial charge in [-0.3, -0.25) is 0 Å². The summed E-state index contributed by atoms with van der Waals surface area (Å²) in [5, 5.41) is 1.04. The monoisotopic (exact) mass is 337 g/mol. The molecule has 7 heteroatoms. The quantitative estimate of drug-likeness (QED) is 0.835. The van der Waals surface area contributed by atoms with E-state index in [0.717, 1.165) is 28.7 Å². The van der Waals surface area contributed by atoms with E-state index in [1.807, 2.05) is 36.5 Å². The lowest BCUT2D eigenvalue weighted by Crippen LogP contribution is -2.29. The molecule has 118 valence electrons. The molecule has 3 rings (SSSR count). The van der Waals surface area contributed by atoms with Gasteiger partial charge in [0, 0.05) is 31.5 Å². The van der Waals surface area contributed by atoms with E-state index in [2.05, 4.69) is 14.3 Å². The second-order valence-corrected chi connectivity index (χ2v) is 8.24. The summed E-state index contributed by atoms with van der Waals surface area (Å²) in [5.74, 6) is 1.20. The first-order valence-electron chi connectivity index (χ1n) is 7.32. The van der Waals surface area contributed by atoms with Crippen molar-refractivity contribution < 1.29 is 8.42 Å². The van der Waals surface area contributed by atoms with Crippen LogP contribution in [0.1, 0.15) is 11.3 Å². The van der Waals surface area contributed by atoms with Crippen LogP contribution < -0.4 is 4.72 Å². The van der Waals surface area contributed by atoms with Crippen molar-refractivity contribution in [2.45, 2.75) is 24.5 Å². The molecular formula is C15H19N3O2S2. The van der Waals surface area contributed by atoms with Crippen LogP contribution in [0.4, 0.5) is 0 Å². The molecule has 0 unspecified atom stereocenters. The summed E-state index contributed by atoms with van der Waals surface area (Å²) in [4.78, 5) is 4.50. The number of aromatic nitrogens is 2. The number of thioether (sulfide) groups is 1.